The van der Waals surface area contributed by atoms with Crippen molar-refractivity contribution in [2.24, 2.45) is 5.92 Å². The standard InChI is InChI=1S/C15H24N2O3S/c1-8(2)13(7-14(18)19)17-15(20)16-10(4)12-6-9(3)21-11(12)5/h6,8,10,13H,7H2,1-5H3,(H,18,19)(H2,16,17,20). The Labute approximate surface area is 129 Å². The Hall–Kier alpha value is -1.56. The monoisotopic (exact) mass is 312 g/mol. The summed E-state index contributed by atoms with van der Waals surface area (Å²) in [5.74, 6) is -0.848. The van der Waals surface area contributed by atoms with Gasteiger partial charge in [0.15, 0.2) is 0 Å². The molecule has 2 atom stereocenters. The maximum Gasteiger partial charge on any atom is 0.315 e. The number of amides is 2. The fraction of sp³-hybridized carbons (Fsp3) is 0.600. The molecule has 6 heteroatoms. The molecule has 0 saturated carbocycles. The summed E-state index contributed by atoms with van der Waals surface area (Å²) < 4.78 is 0. The average Bonchev–Trinajstić information content (AvgIpc) is 2.66. The van der Waals surface area contributed by atoms with Crippen LogP contribution in [0.2, 0.25) is 0 Å². The van der Waals surface area contributed by atoms with Crippen LogP contribution in [0.3, 0.4) is 0 Å². The summed E-state index contributed by atoms with van der Waals surface area (Å²) in [7, 11) is 0. The van der Waals surface area contributed by atoms with Crippen molar-refractivity contribution < 1.29 is 14.7 Å². The van der Waals surface area contributed by atoms with Gasteiger partial charge in [0.05, 0.1) is 12.5 Å². The molecule has 1 heterocycles. The van der Waals surface area contributed by atoms with E-state index in [2.05, 4.69) is 16.7 Å². The predicted molar refractivity (Wildman–Crippen MR) is 84.8 cm³/mol. The Morgan fingerprint density at radius 3 is 2.29 bits per heavy atom. The lowest BCUT2D eigenvalue weighted by atomic mass is 10.0. The number of carboxylic acid groups (broad SMARTS) is 1. The highest BCUT2D eigenvalue weighted by molar-refractivity contribution is 7.12. The highest BCUT2D eigenvalue weighted by Crippen LogP contribution is 2.26. The van der Waals surface area contributed by atoms with Crippen molar-refractivity contribution in [2.75, 3.05) is 0 Å². The summed E-state index contributed by atoms with van der Waals surface area (Å²) in [5.41, 5.74) is 1.10. The molecular formula is C15H24N2O3S. The molecule has 1 aromatic rings. The summed E-state index contributed by atoms with van der Waals surface area (Å²) in [6, 6.07) is 1.26. The third kappa shape index (κ3) is 5.38. The van der Waals surface area contributed by atoms with E-state index in [-0.39, 0.29) is 30.5 Å². The number of carbonyl (C=O) groups is 2. The highest BCUT2D eigenvalue weighted by atomic mass is 32.1. The van der Waals surface area contributed by atoms with Crippen LogP contribution in [-0.2, 0) is 4.79 Å². The minimum absolute atomic E-state index is 0.0623. The van der Waals surface area contributed by atoms with E-state index < -0.39 is 5.97 Å². The minimum atomic E-state index is -0.911. The lowest BCUT2D eigenvalue weighted by molar-refractivity contribution is -0.137. The number of urea groups is 1. The van der Waals surface area contributed by atoms with Crippen LogP contribution in [0.5, 0.6) is 0 Å². The molecule has 0 fully saturated rings. The molecular weight excluding hydrogens is 288 g/mol. The largest absolute Gasteiger partial charge is 0.481 e. The number of hydrogen-bond donors (Lipinski definition) is 3. The van der Waals surface area contributed by atoms with Crippen molar-refractivity contribution in [3.05, 3.63) is 21.4 Å². The SMILES string of the molecule is Cc1cc(C(C)NC(=O)NC(CC(=O)O)C(C)C)c(C)s1. The number of thiophene rings is 1. The van der Waals surface area contributed by atoms with Crippen molar-refractivity contribution >= 4 is 23.3 Å². The van der Waals surface area contributed by atoms with Crippen molar-refractivity contribution in [2.45, 2.75) is 53.1 Å². The highest BCUT2D eigenvalue weighted by Gasteiger charge is 2.21. The maximum atomic E-state index is 12.0. The van der Waals surface area contributed by atoms with Crippen LogP contribution in [0.4, 0.5) is 4.79 Å². The molecule has 2 amide bonds. The van der Waals surface area contributed by atoms with Gasteiger partial charge in [-0.15, -0.1) is 11.3 Å². The Morgan fingerprint density at radius 2 is 1.86 bits per heavy atom. The van der Waals surface area contributed by atoms with E-state index in [9.17, 15) is 9.59 Å². The predicted octanol–water partition coefficient (Wildman–Crippen LogP) is 3.22. The van der Waals surface area contributed by atoms with Gasteiger partial charge in [-0.25, -0.2) is 4.79 Å². The molecule has 0 saturated heterocycles. The molecule has 0 aliphatic rings. The van der Waals surface area contributed by atoms with Gasteiger partial charge >= 0.3 is 12.0 Å². The number of carbonyl (C=O) groups excluding carboxylic acids is 1. The van der Waals surface area contributed by atoms with E-state index in [0.29, 0.717) is 0 Å². The first kappa shape index (κ1) is 17.5. The van der Waals surface area contributed by atoms with Gasteiger partial charge in [-0.2, -0.15) is 0 Å². The Morgan fingerprint density at radius 1 is 1.24 bits per heavy atom. The number of nitrogens with one attached hydrogen (secondary N) is 2. The molecule has 0 aliphatic heterocycles. The third-order valence-corrected chi connectivity index (χ3v) is 4.39. The van der Waals surface area contributed by atoms with Gasteiger partial charge in [0, 0.05) is 15.8 Å². The van der Waals surface area contributed by atoms with Crippen LogP contribution in [0.1, 0.15) is 48.6 Å². The van der Waals surface area contributed by atoms with Gasteiger partial charge in [-0.1, -0.05) is 13.8 Å². The van der Waals surface area contributed by atoms with Crippen molar-refractivity contribution in [1.82, 2.24) is 10.6 Å². The van der Waals surface area contributed by atoms with Crippen LogP contribution >= 0.6 is 11.3 Å². The molecule has 21 heavy (non-hydrogen) atoms. The second-order valence-electron chi connectivity index (χ2n) is 5.66. The third-order valence-electron chi connectivity index (χ3n) is 3.41. The smallest absolute Gasteiger partial charge is 0.315 e. The molecule has 118 valence electrons. The topological polar surface area (TPSA) is 78.4 Å². The molecule has 0 spiro atoms. The van der Waals surface area contributed by atoms with Crippen molar-refractivity contribution in [1.29, 1.82) is 0 Å². The summed E-state index contributed by atoms with van der Waals surface area (Å²) in [6.45, 7) is 9.78. The van der Waals surface area contributed by atoms with Crippen LogP contribution in [0.15, 0.2) is 6.07 Å². The second-order valence-corrected chi connectivity index (χ2v) is 7.12. The fourth-order valence-electron chi connectivity index (χ4n) is 2.21. The van der Waals surface area contributed by atoms with Crippen LogP contribution in [0.25, 0.3) is 0 Å². The van der Waals surface area contributed by atoms with E-state index in [1.165, 1.54) is 9.75 Å². The van der Waals surface area contributed by atoms with Crippen LogP contribution in [-0.4, -0.2) is 23.1 Å². The average molecular weight is 312 g/mol. The molecule has 0 radical (unpaired) electrons. The van der Waals surface area contributed by atoms with Crippen molar-refractivity contribution in [3.8, 4) is 0 Å². The first-order valence-electron chi connectivity index (χ1n) is 7.06. The minimum Gasteiger partial charge on any atom is -0.481 e. The van der Waals surface area contributed by atoms with E-state index in [1.807, 2.05) is 34.6 Å². The first-order chi connectivity index (χ1) is 9.70. The van der Waals surface area contributed by atoms with E-state index in [4.69, 9.17) is 5.11 Å². The molecule has 0 aliphatic carbocycles. The zero-order valence-electron chi connectivity index (χ0n) is 13.2. The lowest BCUT2D eigenvalue weighted by Gasteiger charge is -2.22. The van der Waals surface area contributed by atoms with Gasteiger partial charge in [0.2, 0.25) is 0 Å². The second kappa shape index (κ2) is 7.45. The first-order valence-corrected chi connectivity index (χ1v) is 7.88. The van der Waals surface area contributed by atoms with Gasteiger partial charge in [0.25, 0.3) is 0 Å². The quantitative estimate of drug-likeness (QED) is 0.754. The van der Waals surface area contributed by atoms with E-state index in [0.717, 1.165) is 5.56 Å². The summed E-state index contributed by atoms with van der Waals surface area (Å²) >= 11 is 1.70. The number of carboxylic acids is 1. The zero-order chi connectivity index (χ0) is 16.2. The van der Waals surface area contributed by atoms with Gasteiger partial charge in [0.1, 0.15) is 0 Å². The van der Waals surface area contributed by atoms with Gasteiger partial charge < -0.3 is 15.7 Å². The zero-order valence-corrected chi connectivity index (χ0v) is 14.0. The summed E-state index contributed by atoms with van der Waals surface area (Å²) in [6.07, 6.45) is -0.0734. The fourth-order valence-corrected chi connectivity index (χ4v) is 3.23. The van der Waals surface area contributed by atoms with Gasteiger partial charge in [-0.05, 0) is 38.3 Å². The molecule has 0 aromatic carbocycles. The number of hydrogen-bond acceptors (Lipinski definition) is 3. The van der Waals surface area contributed by atoms with E-state index in [1.54, 1.807) is 11.3 Å². The lowest BCUT2D eigenvalue weighted by Crippen LogP contribution is -2.46. The molecule has 2 unspecified atom stereocenters. The number of aliphatic carboxylic acids is 1. The molecule has 0 bridgehead atoms. The van der Waals surface area contributed by atoms with Crippen LogP contribution < -0.4 is 10.6 Å². The molecule has 3 N–H and O–H groups in total. The maximum absolute atomic E-state index is 12.0. The Balaban J connectivity index is 2.63. The summed E-state index contributed by atoms with van der Waals surface area (Å²) in [4.78, 5) is 25.2. The van der Waals surface area contributed by atoms with Crippen molar-refractivity contribution in [3.63, 3.8) is 0 Å². The normalized spacial score (nSPS) is 13.8. The molecule has 5 nitrogen and oxygen atoms in total. The molecule has 1 aromatic heterocycles. The molecule has 1 rings (SSSR count). The van der Waals surface area contributed by atoms with Crippen LogP contribution in [0, 0.1) is 19.8 Å². The summed E-state index contributed by atoms with van der Waals surface area (Å²) in [5, 5.41) is 14.5. The van der Waals surface area contributed by atoms with Gasteiger partial charge in [-0.3, -0.25) is 4.79 Å². The number of rotatable bonds is 6. The Kier molecular flexibility index (Phi) is 6.20. The number of aryl methyl sites for hydroxylation is 2. The van der Waals surface area contributed by atoms with E-state index >= 15 is 0 Å². The Bertz CT molecular complexity index is 511.